The van der Waals surface area contributed by atoms with Gasteiger partial charge in [0.15, 0.2) is 17.4 Å². The Labute approximate surface area is 297 Å². The lowest BCUT2D eigenvalue weighted by Gasteiger charge is -2.51. The maximum absolute atomic E-state index is 13.3. The summed E-state index contributed by atoms with van der Waals surface area (Å²) >= 11 is 0.958. The molecule has 0 spiro atoms. The molecule has 19 nitrogen and oxygen atoms in total. The van der Waals surface area contributed by atoms with Crippen LogP contribution in [0.25, 0.3) is 11.1 Å². The molecule has 0 bridgehead atoms. The second-order valence-electron chi connectivity index (χ2n) is 12.5. The van der Waals surface area contributed by atoms with Crippen LogP contribution in [0.1, 0.15) is 32.4 Å². The van der Waals surface area contributed by atoms with Gasteiger partial charge in [0, 0.05) is 17.8 Å². The largest absolute Gasteiger partial charge is 0.724 e. The van der Waals surface area contributed by atoms with Gasteiger partial charge in [-0.1, -0.05) is 17.3 Å². The second-order valence-corrected chi connectivity index (χ2v) is 14.3. The first-order chi connectivity index (χ1) is 24.2. The van der Waals surface area contributed by atoms with E-state index in [0.717, 1.165) is 61.5 Å². The van der Waals surface area contributed by atoms with Crippen molar-refractivity contribution in [1.29, 1.82) is 0 Å². The number of rotatable bonds is 17. The fourth-order valence-electron chi connectivity index (χ4n) is 5.59. The lowest BCUT2D eigenvalue weighted by molar-refractivity contribution is -0.780. The fourth-order valence-corrected chi connectivity index (χ4v) is 6.58. The topological polar surface area (TPSA) is 270 Å². The van der Waals surface area contributed by atoms with E-state index in [2.05, 4.69) is 46.8 Å². The molecule has 276 valence electrons. The van der Waals surface area contributed by atoms with Gasteiger partial charge in [0.25, 0.3) is 17.9 Å². The minimum Gasteiger partial charge on any atom is -0.724 e. The Morgan fingerprint density at radius 1 is 1.29 bits per heavy atom. The monoisotopic (exact) mass is 749 g/mol. The van der Waals surface area contributed by atoms with Crippen LogP contribution < -0.4 is 31.5 Å². The highest BCUT2D eigenvalue weighted by Crippen LogP contribution is 2.33. The molecule has 2 fully saturated rings. The number of amides is 2. The number of anilines is 1. The second kappa shape index (κ2) is 15.7. The number of nitrogens with two attached hydrogens (primary N) is 2. The summed E-state index contributed by atoms with van der Waals surface area (Å²) in [4.78, 5) is 47.1. The number of aryl methyl sites for hydroxylation is 1. The Morgan fingerprint density at radius 3 is 2.63 bits per heavy atom. The number of aromatic nitrogens is 3. The molecule has 0 saturated carbocycles. The first-order valence-corrected chi connectivity index (χ1v) is 18.1. The van der Waals surface area contributed by atoms with Gasteiger partial charge >= 0.3 is 5.97 Å². The lowest BCUT2D eigenvalue weighted by Crippen LogP contribution is -2.76. The number of hydroxylamine groups is 2. The Hall–Kier alpha value is -4.67. The zero-order valence-corrected chi connectivity index (χ0v) is 29.4. The summed E-state index contributed by atoms with van der Waals surface area (Å²) in [6, 6.07) is 5.74. The summed E-state index contributed by atoms with van der Waals surface area (Å²) in [5.41, 5.74) is 11.3. The van der Waals surface area contributed by atoms with Crippen molar-refractivity contribution in [2.24, 2.45) is 16.8 Å². The Morgan fingerprint density at radius 2 is 2.04 bits per heavy atom. The van der Waals surface area contributed by atoms with Crippen molar-refractivity contribution in [2.75, 3.05) is 32.0 Å². The number of carbonyl (C=O) groups excluding carboxylic acids is 2. The SMILES string of the molecule is CC1(C)C(NC(=O)/C(=N\O[C@@H](COc2ccc(-c3cn(CCCN)[n+](CC4CCNC4)c3)cc2)C(=O)O)c2csc(N)n2)C(=O)N1OS(=O)(=O)[O-]. The van der Waals surface area contributed by atoms with Crippen LogP contribution in [-0.4, -0.2) is 100 Å². The fraction of sp³-hybridized carbons (Fsp3) is 0.467. The van der Waals surface area contributed by atoms with Crippen molar-refractivity contribution in [1.82, 2.24) is 25.4 Å². The summed E-state index contributed by atoms with van der Waals surface area (Å²) in [5.74, 6) is -2.61. The normalized spacial score (nSPS) is 19.4. The first-order valence-electron chi connectivity index (χ1n) is 15.9. The van der Waals surface area contributed by atoms with Gasteiger partial charge in [-0.2, -0.15) is 14.0 Å². The van der Waals surface area contributed by atoms with Crippen LogP contribution in [0.3, 0.4) is 0 Å². The zero-order chi connectivity index (χ0) is 36.9. The van der Waals surface area contributed by atoms with Crippen LogP contribution in [0, 0.1) is 5.92 Å². The van der Waals surface area contributed by atoms with Crippen molar-refractivity contribution in [3.63, 3.8) is 0 Å². The minimum atomic E-state index is -5.27. The van der Waals surface area contributed by atoms with Crippen molar-refractivity contribution in [3.8, 4) is 16.9 Å². The zero-order valence-electron chi connectivity index (χ0n) is 27.8. The molecule has 0 radical (unpaired) electrons. The molecule has 2 aliphatic rings. The van der Waals surface area contributed by atoms with E-state index in [-0.39, 0.29) is 10.8 Å². The highest BCUT2D eigenvalue weighted by molar-refractivity contribution is 7.80. The Balaban J connectivity index is 1.25. The number of aliphatic carboxylic acids is 1. The van der Waals surface area contributed by atoms with Gasteiger partial charge < -0.3 is 41.3 Å². The molecule has 3 aromatic rings. The minimum absolute atomic E-state index is 0.0559. The smallest absolute Gasteiger partial charge is 0.351 e. The third-order valence-corrected chi connectivity index (χ3v) is 9.34. The molecule has 51 heavy (non-hydrogen) atoms. The van der Waals surface area contributed by atoms with E-state index in [9.17, 15) is 32.5 Å². The number of hydrogen-bond acceptors (Lipinski definition) is 15. The summed E-state index contributed by atoms with van der Waals surface area (Å²) < 4.78 is 47.3. The maximum Gasteiger partial charge on any atom is 0.351 e. The van der Waals surface area contributed by atoms with Gasteiger partial charge in [0.2, 0.25) is 16.6 Å². The van der Waals surface area contributed by atoms with Gasteiger partial charge in [-0.3, -0.25) is 9.59 Å². The number of nitrogen functional groups attached to an aromatic ring is 1. The average molecular weight is 750 g/mol. The molecule has 2 aliphatic heterocycles. The van der Waals surface area contributed by atoms with Crippen LogP contribution in [0.15, 0.2) is 47.2 Å². The highest BCUT2D eigenvalue weighted by atomic mass is 32.3. The predicted octanol–water partition coefficient (Wildman–Crippen LogP) is -0.810. The number of hydrogen-bond donors (Lipinski definition) is 5. The van der Waals surface area contributed by atoms with E-state index >= 15 is 0 Å². The average Bonchev–Trinajstić information content (AvgIpc) is 3.85. The van der Waals surface area contributed by atoms with Gasteiger partial charge in [-0.15, -0.1) is 16.0 Å². The summed E-state index contributed by atoms with van der Waals surface area (Å²) in [5, 5.41) is 21.1. The van der Waals surface area contributed by atoms with E-state index in [4.69, 9.17) is 21.0 Å². The van der Waals surface area contributed by atoms with Gasteiger partial charge in [-0.05, 0) is 57.5 Å². The number of carbonyl (C=O) groups is 3. The van der Waals surface area contributed by atoms with Crippen molar-refractivity contribution >= 4 is 50.4 Å². The van der Waals surface area contributed by atoms with E-state index in [1.807, 2.05) is 12.1 Å². The van der Waals surface area contributed by atoms with E-state index in [1.54, 1.807) is 12.1 Å². The molecule has 2 saturated heterocycles. The Kier molecular flexibility index (Phi) is 11.6. The summed E-state index contributed by atoms with van der Waals surface area (Å²) in [7, 11) is -5.27. The third-order valence-electron chi connectivity index (χ3n) is 8.34. The van der Waals surface area contributed by atoms with Crippen molar-refractivity contribution in [3.05, 3.63) is 47.7 Å². The highest BCUT2D eigenvalue weighted by Gasteiger charge is 2.57. The standard InChI is InChI=1S/C30H39N9O10S2/c1-30(2)25(27(41)39(30)49-51(44,45)46)35-26(40)24(22-17-50-29(32)34-22)36-48-23(28(42)43)16-47-21-6-4-19(5-7-21)20-14-37(11-3-9-31)38(15-20)13-18-8-10-33-12-18/h4-7,14-15,17-18,23,25,33H,3,8-13,16,31H2,1-2H3,(H4-,32,34,35,40,42,43,44,45,46)/b36-24-/t18?,23-,25?/m0/s1. The van der Waals surface area contributed by atoms with Crippen LogP contribution in [-0.2, 0) is 47.0 Å². The number of ether oxygens (including phenoxy) is 1. The lowest BCUT2D eigenvalue weighted by atomic mass is 9.84. The molecule has 4 heterocycles. The Bertz CT molecular complexity index is 1870. The number of β-lactam (4-membered cyclic amide) rings is 1. The van der Waals surface area contributed by atoms with Gasteiger partial charge in [-0.25, -0.2) is 18.2 Å². The quantitative estimate of drug-likeness (QED) is 0.0282. The molecule has 7 N–H and O–H groups in total. The van der Waals surface area contributed by atoms with E-state index in [1.165, 1.54) is 19.2 Å². The summed E-state index contributed by atoms with van der Waals surface area (Å²) in [6.07, 6.45) is 4.45. The van der Waals surface area contributed by atoms with Gasteiger partial charge in [0.1, 0.15) is 24.1 Å². The molecular formula is C30H39N9O10S2. The first kappa shape index (κ1) is 37.6. The molecule has 2 unspecified atom stereocenters. The number of carboxylic acids is 1. The number of nitrogens with one attached hydrogen (secondary N) is 2. The van der Waals surface area contributed by atoms with E-state index < -0.39 is 58.2 Å². The van der Waals surface area contributed by atoms with Crippen LogP contribution in [0.4, 0.5) is 5.13 Å². The molecule has 3 atom stereocenters. The molecule has 0 aliphatic carbocycles. The molecule has 2 aromatic heterocycles. The predicted molar refractivity (Wildman–Crippen MR) is 179 cm³/mol. The van der Waals surface area contributed by atoms with Gasteiger partial charge in [0.05, 0.1) is 23.8 Å². The number of nitrogens with zero attached hydrogens (tertiary/aromatic N) is 5. The van der Waals surface area contributed by atoms with Crippen LogP contribution >= 0.6 is 11.3 Å². The molecule has 1 aromatic carbocycles. The molecular weight excluding hydrogens is 711 g/mol. The van der Waals surface area contributed by atoms with Crippen LogP contribution in [0.5, 0.6) is 5.75 Å². The molecule has 5 rings (SSSR count). The number of thiazole rings is 1. The number of oxime groups is 1. The van der Waals surface area contributed by atoms with Crippen molar-refractivity contribution < 1.29 is 51.0 Å². The number of carboxylic acid groups (broad SMARTS) is 1. The molecule has 21 heteroatoms. The van der Waals surface area contributed by atoms with E-state index in [0.29, 0.717) is 23.3 Å². The third kappa shape index (κ3) is 9.17. The number of benzene rings is 1. The maximum atomic E-state index is 13.3. The van der Waals surface area contributed by atoms with Crippen molar-refractivity contribution in [2.45, 2.75) is 57.5 Å². The summed E-state index contributed by atoms with van der Waals surface area (Å²) in [6.45, 7) is 6.43. The molecule has 2 amide bonds. The van der Waals surface area contributed by atoms with Crippen LogP contribution in [0.2, 0.25) is 0 Å².